The Balaban J connectivity index is 2.04. The van der Waals surface area contributed by atoms with Gasteiger partial charge in [0.15, 0.2) is 0 Å². The molecule has 18 heavy (non-hydrogen) atoms. The van der Waals surface area contributed by atoms with Gasteiger partial charge in [-0.1, -0.05) is 11.6 Å². The van der Waals surface area contributed by atoms with Crippen LogP contribution in [0.4, 0.5) is 0 Å². The molecule has 1 aromatic heterocycles. The van der Waals surface area contributed by atoms with Crippen LogP contribution in [-0.2, 0) is 4.74 Å². The normalized spacial score (nSPS) is 18.9. The summed E-state index contributed by atoms with van der Waals surface area (Å²) in [6, 6.07) is 3.35. The zero-order chi connectivity index (χ0) is 13.1. The summed E-state index contributed by atoms with van der Waals surface area (Å²) in [4.78, 5) is 18.0. The number of hydrogen-bond acceptors (Lipinski definition) is 3. The Morgan fingerprint density at radius 2 is 2.39 bits per heavy atom. The van der Waals surface area contributed by atoms with Gasteiger partial charge in [-0.25, -0.2) is 4.98 Å². The van der Waals surface area contributed by atoms with E-state index < -0.39 is 0 Å². The Hall–Kier alpha value is -1.13. The lowest BCUT2D eigenvalue weighted by atomic mass is 10.2. The van der Waals surface area contributed by atoms with Crippen molar-refractivity contribution in [2.24, 2.45) is 0 Å². The van der Waals surface area contributed by atoms with Gasteiger partial charge in [-0.05, 0) is 31.9 Å². The van der Waals surface area contributed by atoms with Crippen LogP contribution in [-0.4, -0.2) is 42.1 Å². The van der Waals surface area contributed by atoms with E-state index in [1.807, 2.05) is 6.92 Å². The number of aromatic nitrogens is 1. The van der Waals surface area contributed by atoms with Gasteiger partial charge in [-0.15, -0.1) is 0 Å². The maximum atomic E-state index is 12.2. The van der Waals surface area contributed by atoms with Crippen molar-refractivity contribution < 1.29 is 9.53 Å². The molecule has 0 aliphatic carbocycles. The van der Waals surface area contributed by atoms with Gasteiger partial charge >= 0.3 is 0 Å². The Morgan fingerprint density at radius 1 is 1.61 bits per heavy atom. The van der Waals surface area contributed by atoms with Crippen LogP contribution in [0.5, 0.6) is 0 Å². The third-order valence-corrected chi connectivity index (χ3v) is 3.21. The predicted octanol–water partition coefficient (Wildman–Crippen LogP) is 2.29. The Kier molecular flexibility index (Phi) is 4.19. The number of hydrogen-bond donors (Lipinski definition) is 0. The monoisotopic (exact) mass is 268 g/mol. The van der Waals surface area contributed by atoms with Crippen LogP contribution in [0.1, 0.15) is 28.9 Å². The summed E-state index contributed by atoms with van der Waals surface area (Å²) in [5, 5.41) is 0.351. The van der Waals surface area contributed by atoms with Crippen LogP contribution >= 0.6 is 11.6 Å². The summed E-state index contributed by atoms with van der Waals surface area (Å²) < 4.78 is 5.52. The average molecular weight is 269 g/mol. The molecule has 1 atom stereocenters. The van der Waals surface area contributed by atoms with Crippen molar-refractivity contribution in [1.82, 2.24) is 9.88 Å². The van der Waals surface area contributed by atoms with Gasteiger partial charge in [0.1, 0.15) is 5.15 Å². The highest BCUT2D eigenvalue weighted by molar-refractivity contribution is 6.29. The minimum absolute atomic E-state index is 0.0436. The Morgan fingerprint density at radius 3 is 3.00 bits per heavy atom. The second kappa shape index (κ2) is 5.67. The van der Waals surface area contributed by atoms with Gasteiger partial charge in [0, 0.05) is 31.5 Å². The highest BCUT2D eigenvalue weighted by Crippen LogP contribution is 2.16. The van der Waals surface area contributed by atoms with Crippen molar-refractivity contribution in [3.8, 4) is 0 Å². The maximum Gasteiger partial charge on any atom is 0.253 e. The molecule has 0 spiro atoms. The number of nitrogens with zero attached hydrogens (tertiary/aromatic N) is 2. The number of rotatable bonds is 3. The average Bonchev–Trinajstić information content (AvgIpc) is 2.79. The molecule has 1 saturated heterocycles. The van der Waals surface area contributed by atoms with Gasteiger partial charge in [-0.3, -0.25) is 4.79 Å². The van der Waals surface area contributed by atoms with Crippen molar-refractivity contribution in [2.75, 3.05) is 20.2 Å². The Labute approximate surface area is 112 Å². The summed E-state index contributed by atoms with van der Waals surface area (Å²) in [5.74, 6) is -0.0436. The van der Waals surface area contributed by atoms with Crippen molar-refractivity contribution >= 4 is 17.5 Å². The molecule has 0 saturated carbocycles. The van der Waals surface area contributed by atoms with Crippen molar-refractivity contribution in [2.45, 2.75) is 25.9 Å². The molecule has 1 amide bonds. The van der Waals surface area contributed by atoms with Crippen LogP contribution < -0.4 is 0 Å². The molecule has 1 aromatic rings. The van der Waals surface area contributed by atoms with E-state index in [9.17, 15) is 4.79 Å². The van der Waals surface area contributed by atoms with E-state index in [1.54, 1.807) is 24.1 Å². The number of ether oxygens (including phenoxy) is 1. The molecule has 0 N–H and O–H groups in total. The molecule has 0 aromatic carbocycles. The van der Waals surface area contributed by atoms with Crippen molar-refractivity contribution in [3.63, 3.8) is 0 Å². The number of pyridine rings is 1. The fourth-order valence-corrected chi connectivity index (χ4v) is 2.40. The second-order valence-corrected chi connectivity index (χ2v) is 5.03. The number of halogens is 1. The number of amides is 1. The van der Waals surface area contributed by atoms with E-state index in [4.69, 9.17) is 16.3 Å². The smallest absolute Gasteiger partial charge is 0.253 e. The number of carbonyl (C=O) groups excluding carboxylic acids is 1. The molecule has 4 nitrogen and oxygen atoms in total. The largest absolute Gasteiger partial charge is 0.376 e. The molecule has 1 aliphatic heterocycles. The molecule has 2 rings (SSSR count). The first kappa shape index (κ1) is 13.3. The summed E-state index contributed by atoms with van der Waals surface area (Å²) >= 11 is 5.86. The zero-order valence-corrected chi connectivity index (χ0v) is 11.4. The topological polar surface area (TPSA) is 42.4 Å². The highest BCUT2D eigenvalue weighted by atomic mass is 35.5. The van der Waals surface area contributed by atoms with Gasteiger partial charge in [0.25, 0.3) is 5.91 Å². The lowest BCUT2D eigenvalue weighted by Gasteiger charge is -2.21. The van der Waals surface area contributed by atoms with Gasteiger partial charge in [0.2, 0.25) is 0 Å². The summed E-state index contributed by atoms with van der Waals surface area (Å²) in [6.07, 6.45) is 2.26. The zero-order valence-electron chi connectivity index (χ0n) is 10.6. The molecule has 1 fully saturated rings. The highest BCUT2D eigenvalue weighted by Gasteiger charge is 2.21. The van der Waals surface area contributed by atoms with Crippen LogP contribution in [0.3, 0.4) is 0 Å². The molecule has 5 heteroatoms. The van der Waals surface area contributed by atoms with Crippen LogP contribution in [0, 0.1) is 6.92 Å². The van der Waals surface area contributed by atoms with Crippen LogP contribution in [0.2, 0.25) is 5.15 Å². The molecular weight excluding hydrogens is 252 g/mol. The number of aryl methyl sites for hydroxylation is 1. The standard InChI is InChI=1S/C13H17ClN2O2/c1-9-6-10(7-12(14)15-9)13(17)16(2)8-11-4-3-5-18-11/h6-7,11H,3-5,8H2,1-2H3. The fourth-order valence-electron chi connectivity index (χ4n) is 2.15. The van der Waals surface area contributed by atoms with Crippen LogP contribution in [0.15, 0.2) is 12.1 Å². The second-order valence-electron chi connectivity index (χ2n) is 4.64. The number of likely N-dealkylation sites (N-methyl/N-ethyl adjacent to an activating group) is 1. The molecular formula is C13H17ClN2O2. The maximum absolute atomic E-state index is 12.2. The Bertz CT molecular complexity index is 424. The first-order valence-corrected chi connectivity index (χ1v) is 6.45. The summed E-state index contributed by atoms with van der Waals surface area (Å²) in [7, 11) is 1.79. The van der Waals surface area contributed by atoms with Crippen molar-refractivity contribution in [1.29, 1.82) is 0 Å². The van der Waals surface area contributed by atoms with E-state index in [1.165, 1.54) is 0 Å². The quantitative estimate of drug-likeness (QED) is 0.790. The molecule has 1 aliphatic rings. The number of carbonyl (C=O) groups is 1. The van der Waals surface area contributed by atoms with E-state index in [0.717, 1.165) is 25.1 Å². The van der Waals surface area contributed by atoms with E-state index in [2.05, 4.69) is 4.98 Å². The minimum atomic E-state index is -0.0436. The molecule has 0 radical (unpaired) electrons. The summed E-state index contributed by atoms with van der Waals surface area (Å²) in [6.45, 7) is 3.24. The summed E-state index contributed by atoms with van der Waals surface area (Å²) in [5.41, 5.74) is 1.32. The first-order chi connectivity index (χ1) is 8.56. The predicted molar refractivity (Wildman–Crippen MR) is 69.9 cm³/mol. The molecule has 98 valence electrons. The van der Waals surface area contributed by atoms with E-state index in [-0.39, 0.29) is 12.0 Å². The molecule has 1 unspecified atom stereocenters. The molecule has 2 heterocycles. The van der Waals surface area contributed by atoms with Gasteiger partial charge < -0.3 is 9.64 Å². The fraction of sp³-hybridized carbons (Fsp3) is 0.538. The van der Waals surface area contributed by atoms with Gasteiger partial charge in [0.05, 0.1) is 6.10 Å². The third kappa shape index (κ3) is 3.21. The minimum Gasteiger partial charge on any atom is -0.376 e. The van der Waals surface area contributed by atoms with Crippen molar-refractivity contribution in [3.05, 3.63) is 28.5 Å². The van der Waals surface area contributed by atoms with Crippen LogP contribution in [0.25, 0.3) is 0 Å². The van der Waals surface area contributed by atoms with E-state index >= 15 is 0 Å². The third-order valence-electron chi connectivity index (χ3n) is 3.02. The van der Waals surface area contributed by atoms with Gasteiger partial charge in [-0.2, -0.15) is 0 Å². The SMILES string of the molecule is Cc1cc(C(=O)N(C)CC2CCCO2)cc(Cl)n1. The lowest BCUT2D eigenvalue weighted by Crippen LogP contribution is -2.34. The lowest BCUT2D eigenvalue weighted by molar-refractivity contribution is 0.0587. The first-order valence-electron chi connectivity index (χ1n) is 6.07. The van der Waals surface area contributed by atoms with E-state index in [0.29, 0.717) is 17.3 Å². The molecule has 0 bridgehead atoms.